The molecule has 1 fully saturated rings. The maximum Gasteiger partial charge on any atom is 0.122 e. The van der Waals surface area contributed by atoms with Gasteiger partial charge in [-0.2, -0.15) is 0 Å². The van der Waals surface area contributed by atoms with Gasteiger partial charge in [-0.15, -0.1) is 11.3 Å². The molecule has 0 aromatic carbocycles. The Bertz CT molecular complexity index is 432. The van der Waals surface area contributed by atoms with E-state index in [9.17, 15) is 0 Å². The van der Waals surface area contributed by atoms with Gasteiger partial charge >= 0.3 is 0 Å². The second kappa shape index (κ2) is 6.54. The first kappa shape index (κ1) is 15.9. The molecule has 0 saturated heterocycles. The molecule has 1 heterocycles. The van der Waals surface area contributed by atoms with Gasteiger partial charge < -0.3 is 10.1 Å². The van der Waals surface area contributed by atoms with E-state index >= 15 is 0 Å². The highest BCUT2D eigenvalue weighted by Gasteiger charge is 2.35. The molecular weight excluding hydrogens is 268 g/mol. The minimum atomic E-state index is 0.144. The van der Waals surface area contributed by atoms with Crippen LogP contribution in [0.1, 0.15) is 69.1 Å². The van der Waals surface area contributed by atoms with Crippen molar-refractivity contribution in [1.29, 1.82) is 0 Å². The molecule has 0 amide bonds. The molecule has 114 valence electrons. The van der Waals surface area contributed by atoms with Crippen LogP contribution < -0.4 is 5.32 Å². The van der Waals surface area contributed by atoms with E-state index in [4.69, 9.17) is 9.72 Å². The van der Waals surface area contributed by atoms with Crippen molar-refractivity contribution >= 4 is 11.3 Å². The van der Waals surface area contributed by atoms with Crippen LogP contribution in [0.5, 0.6) is 0 Å². The summed E-state index contributed by atoms with van der Waals surface area (Å²) in [4.78, 5) is 6.24. The van der Waals surface area contributed by atoms with Gasteiger partial charge in [0, 0.05) is 23.6 Å². The highest BCUT2D eigenvalue weighted by atomic mass is 32.1. The van der Waals surface area contributed by atoms with Crippen molar-refractivity contribution < 1.29 is 4.74 Å². The predicted molar refractivity (Wildman–Crippen MR) is 85.2 cm³/mol. The van der Waals surface area contributed by atoms with Gasteiger partial charge in [-0.05, 0) is 52.9 Å². The largest absolute Gasteiger partial charge is 0.371 e. The lowest BCUT2D eigenvalue weighted by Crippen LogP contribution is -2.35. The quantitative estimate of drug-likeness (QED) is 0.823. The van der Waals surface area contributed by atoms with E-state index < -0.39 is 0 Å². The van der Waals surface area contributed by atoms with E-state index in [0.29, 0.717) is 5.92 Å². The molecule has 1 aliphatic rings. The van der Waals surface area contributed by atoms with Gasteiger partial charge in [-0.1, -0.05) is 6.92 Å². The maximum absolute atomic E-state index is 5.94. The monoisotopic (exact) mass is 296 g/mol. The molecule has 1 aliphatic carbocycles. The van der Waals surface area contributed by atoms with Crippen molar-refractivity contribution in [1.82, 2.24) is 10.3 Å². The molecule has 1 unspecified atom stereocenters. The maximum atomic E-state index is 5.94. The average molecular weight is 296 g/mol. The standard InChI is InChI=1S/C16H28N2OS/c1-6-12-13(10-17-16(3,4)5)20-15(18-12)14(19-7-2)11-8-9-11/h11,14,17H,6-10H2,1-5H3. The molecule has 1 aromatic heterocycles. The van der Waals surface area contributed by atoms with Crippen LogP contribution in [0.15, 0.2) is 0 Å². The number of hydrogen-bond acceptors (Lipinski definition) is 4. The summed E-state index contributed by atoms with van der Waals surface area (Å²) in [6, 6.07) is 0. The fourth-order valence-electron chi connectivity index (χ4n) is 2.27. The van der Waals surface area contributed by atoms with E-state index in [-0.39, 0.29) is 11.6 Å². The summed E-state index contributed by atoms with van der Waals surface area (Å²) in [5, 5.41) is 4.76. The second-order valence-corrected chi connectivity index (χ2v) is 7.71. The van der Waals surface area contributed by atoms with Gasteiger partial charge in [0.05, 0.1) is 5.69 Å². The van der Waals surface area contributed by atoms with Gasteiger partial charge in [-0.3, -0.25) is 0 Å². The molecule has 1 N–H and O–H groups in total. The van der Waals surface area contributed by atoms with Crippen LogP contribution in [-0.4, -0.2) is 17.1 Å². The third kappa shape index (κ3) is 4.27. The van der Waals surface area contributed by atoms with Gasteiger partial charge in [0.2, 0.25) is 0 Å². The molecule has 0 aliphatic heterocycles. The lowest BCUT2D eigenvalue weighted by molar-refractivity contribution is 0.0461. The SMILES string of the molecule is CCOC(c1nc(CC)c(CNC(C)(C)C)s1)C1CC1. The Kier molecular flexibility index (Phi) is 5.21. The van der Waals surface area contributed by atoms with Crippen LogP contribution in [0.3, 0.4) is 0 Å². The Labute approximate surface area is 127 Å². The minimum Gasteiger partial charge on any atom is -0.371 e. The van der Waals surface area contributed by atoms with Crippen LogP contribution in [-0.2, 0) is 17.7 Å². The molecule has 1 atom stereocenters. The summed E-state index contributed by atoms with van der Waals surface area (Å²) in [7, 11) is 0. The first-order valence-electron chi connectivity index (χ1n) is 7.79. The number of hydrogen-bond donors (Lipinski definition) is 1. The summed E-state index contributed by atoms with van der Waals surface area (Å²) in [6.45, 7) is 12.6. The van der Waals surface area contributed by atoms with Gasteiger partial charge in [0.1, 0.15) is 11.1 Å². The molecule has 0 radical (unpaired) electrons. The van der Waals surface area contributed by atoms with Crippen molar-refractivity contribution in [2.24, 2.45) is 5.92 Å². The summed E-state index contributed by atoms with van der Waals surface area (Å²) >= 11 is 1.84. The number of nitrogens with zero attached hydrogens (tertiary/aromatic N) is 1. The summed E-state index contributed by atoms with van der Waals surface area (Å²) < 4.78 is 5.94. The number of rotatable bonds is 7. The zero-order chi connectivity index (χ0) is 14.8. The predicted octanol–water partition coefficient (Wildman–Crippen LogP) is 4.08. The van der Waals surface area contributed by atoms with E-state index in [1.165, 1.54) is 28.4 Å². The molecule has 0 bridgehead atoms. The summed E-state index contributed by atoms with van der Waals surface area (Å²) in [6.07, 6.45) is 3.82. The second-order valence-electron chi connectivity index (χ2n) is 6.59. The van der Waals surface area contributed by atoms with Crippen molar-refractivity contribution in [3.8, 4) is 0 Å². The van der Waals surface area contributed by atoms with E-state index in [0.717, 1.165) is 19.6 Å². The molecule has 1 aromatic rings. The van der Waals surface area contributed by atoms with Crippen LogP contribution in [0.25, 0.3) is 0 Å². The number of ether oxygens (including phenoxy) is 1. The zero-order valence-electron chi connectivity index (χ0n) is 13.5. The highest BCUT2D eigenvalue weighted by Crippen LogP contribution is 2.44. The molecule has 1 saturated carbocycles. The topological polar surface area (TPSA) is 34.1 Å². The number of aryl methyl sites for hydroxylation is 1. The van der Waals surface area contributed by atoms with Gasteiger partial charge in [0.25, 0.3) is 0 Å². The highest BCUT2D eigenvalue weighted by molar-refractivity contribution is 7.11. The summed E-state index contributed by atoms with van der Waals surface area (Å²) in [5.74, 6) is 0.703. The third-order valence-corrected chi connectivity index (χ3v) is 4.71. The lowest BCUT2D eigenvalue weighted by Gasteiger charge is -2.20. The van der Waals surface area contributed by atoms with Crippen molar-refractivity contribution in [2.75, 3.05) is 6.61 Å². The van der Waals surface area contributed by atoms with Crippen molar-refractivity contribution in [3.05, 3.63) is 15.6 Å². The Morgan fingerprint density at radius 2 is 2.05 bits per heavy atom. The zero-order valence-corrected chi connectivity index (χ0v) is 14.3. The van der Waals surface area contributed by atoms with Crippen LogP contribution in [0.4, 0.5) is 0 Å². The lowest BCUT2D eigenvalue weighted by atomic mass is 10.1. The fraction of sp³-hybridized carbons (Fsp3) is 0.812. The smallest absolute Gasteiger partial charge is 0.122 e. The Morgan fingerprint density at radius 1 is 1.35 bits per heavy atom. The van der Waals surface area contributed by atoms with E-state index in [1.807, 2.05) is 11.3 Å². The first-order valence-corrected chi connectivity index (χ1v) is 8.61. The van der Waals surface area contributed by atoms with E-state index in [2.05, 4.69) is 39.9 Å². The average Bonchev–Trinajstić information content (AvgIpc) is 3.12. The van der Waals surface area contributed by atoms with Crippen LogP contribution in [0.2, 0.25) is 0 Å². The molecule has 20 heavy (non-hydrogen) atoms. The Balaban J connectivity index is 2.12. The Morgan fingerprint density at radius 3 is 2.55 bits per heavy atom. The minimum absolute atomic E-state index is 0.144. The van der Waals surface area contributed by atoms with Crippen LogP contribution in [0, 0.1) is 5.92 Å². The summed E-state index contributed by atoms with van der Waals surface area (Å²) in [5.41, 5.74) is 1.39. The Hall–Kier alpha value is -0.450. The first-order chi connectivity index (χ1) is 9.44. The van der Waals surface area contributed by atoms with Gasteiger partial charge in [-0.25, -0.2) is 4.98 Å². The van der Waals surface area contributed by atoms with Crippen molar-refractivity contribution in [3.63, 3.8) is 0 Å². The molecule has 2 rings (SSSR count). The van der Waals surface area contributed by atoms with Gasteiger partial charge in [0.15, 0.2) is 0 Å². The van der Waals surface area contributed by atoms with E-state index in [1.54, 1.807) is 0 Å². The molecule has 4 heteroatoms. The molecular formula is C16H28N2OS. The third-order valence-electron chi connectivity index (χ3n) is 3.55. The normalized spacial score (nSPS) is 17.4. The molecule has 3 nitrogen and oxygen atoms in total. The van der Waals surface area contributed by atoms with Crippen molar-refractivity contribution in [2.45, 2.75) is 72.1 Å². The number of aromatic nitrogens is 1. The molecule has 0 spiro atoms. The number of nitrogens with one attached hydrogen (secondary N) is 1. The number of thiazole rings is 1. The fourth-order valence-corrected chi connectivity index (χ4v) is 3.51. The van der Waals surface area contributed by atoms with Crippen LogP contribution >= 0.6 is 11.3 Å².